The summed E-state index contributed by atoms with van der Waals surface area (Å²) in [6, 6.07) is 5.99. The zero-order chi connectivity index (χ0) is 12.2. The van der Waals surface area contributed by atoms with E-state index in [4.69, 9.17) is 21.6 Å². The summed E-state index contributed by atoms with van der Waals surface area (Å²) >= 11 is 5.77. The van der Waals surface area contributed by atoms with Gasteiger partial charge in [-0.3, -0.25) is 4.72 Å². The van der Waals surface area contributed by atoms with E-state index in [1.54, 1.807) is 6.07 Å². The summed E-state index contributed by atoms with van der Waals surface area (Å²) in [6.07, 6.45) is 0. The van der Waals surface area contributed by atoms with E-state index in [1.165, 1.54) is 25.3 Å². The topological polar surface area (TPSA) is 79.2 Å². The summed E-state index contributed by atoms with van der Waals surface area (Å²) in [6.45, 7) is 0. The lowest BCUT2D eigenvalue weighted by Crippen LogP contribution is -2.15. The second-order valence-corrected chi connectivity index (χ2v) is 5.00. The predicted molar refractivity (Wildman–Crippen MR) is 61.0 cm³/mol. The van der Waals surface area contributed by atoms with Crippen molar-refractivity contribution in [2.24, 2.45) is 0 Å². The van der Waals surface area contributed by atoms with Crippen molar-refractivity contribution < 1.29 is 13.2 Å². The molecule has 0 radical (unpaired) electrons. The van der Waals surface area contributed by atoms with E-state index in [0.29, 0.717) is 16.5 Å². The quantitative estimate of drug-likeness (QED) is 0.892. The summed E-state index contributed by atoms with van der Waals surface area (Å²) < 4.78 is 29.7. The number of nitrogens with one attached hydrogen (secondary N) is 1. The number of ether oxygens (including phenoxy) is 1. The smallest absolute Gasteiger partial charge is 0.246 e. The lowest BCUT2D eigenvalue weighted by molar-refractivity contribution is 0.415. The van der Waals surface area contributed by atoms with Gasteiger partial charge in [0, 0.05) is 6.07 Å². The van der Waals surface area contributed by atoms with Gasteiger partial charge in [0.15, 0.2) is 5.75 Å². The molecule has 5 nitrogen and oxygen atoms in total. The van der Waals surface area contributed by atoms with Gasteiger partial charge in [-0.15, -0.1) is 0 Å². The zero-order valence-corrected chi connectivity index (χ0v) is 9.97. The minimum absolute atomic E-state index is 0.302. The molecule has 0 saturated carbocycles. The van der Waals surface area contributed by atoms with Crippen molar-refractivity contribution in [2.45, 2.75) is 0 Å². The highest BCUT2D eigenvalue weighted by molar-refractivity contribution is 7.92. The largest absolute Gasteiger partial charge is 0.495 e. The molecule has 0 heterocycles. The average Bonchev–Trinajstić information content (AvgIpc) is 2.20. The molecule has 0 aliphatic heterocycles. The van der Waals surface area contributed by atoms with Crippen molar-refractivity contribution in [3.63, 3.8) is 0 Å². The Morgan fingerprint density at radius 3 is 2.81 bits per heavy atom. The second kappa shape index (κ2) is 5.05. The minimum Gasteiger partial charge on any atom is -0.495 e. The van der Waals surface area contributed by atoms with Crippen molar-refractivity contribution in [3.05, 3.63) is 23.2 Å². The van der Waals surface area contributed by atoms with Crippen molar-refractivity contribution in [1.82, 2.24) is 0 Å². The Kier molecular flexibility index (Phi) is 3.99. The van der Waals surface area contributed by atoms with Crippen LogP contribution in [0.2, 0.25) is 5.02 Å². The average molecular weight is 261 g/mol. The van der Waals surface area contributed by atoms with Crippen LogP contribution in [0.5, 0.6) is 5.75 Å². The van der Waals surface area contributed by atoms with Crippen LogP contribution in [0.1, 0.15) is 0 Å². The molecule has 0 aliphatic rings. The molecule has 0 unspecified atom stereocenters. The van der Waals surface area contributed by atoms with E-state index in [2.05, 4.69) is 4.72 Å². The summed E-state index contributed by atoms with van der Waals surface area (Å²) in [4.78, 5) is 0. The van der Waals surface area contributed by atoms with Gasteiger partial charge in [-0.2, -0.15) is 5.26 Å². The van der Waals surface area contributed by atoms with Gasteiger partial charge < -0.3 is 4.74 Å². The van der Waals surface area contributed by atoms with Crippen LogP contribution in [0.3, 0.4) is 0 Å². The number of sulfonamides is 1. The van der Waals surface area contributed by atoms with Crippen molar-refractivity contribution in [2.75, 3.05) is 17.6 Å². The number of rotatable bonds is 4. The Bertz CT molecular complexity index is 522. The third-order valence-electron chi connectivity index (χ3n) is 1.68. The van der Waals surface area contributed by atoms with Crippen LogP contribution in [-0.2, 0) is 10.0 Å². The highest BCUT2D eigenvalue weighted by Crippen LogP contribution is 2.27. The van der Waals surface area contributed by atoms with Gasteiger partial charge in [-0.05, 0) is 12.1 Å². The Morgan fingerprint density at radius 2 is 2.25 bits per heavy atom. The van der Waals surface area contributed by atoms with E-state index in [9.17, 15) is 8.42 Å². The Labute approximate surface area is 98.6 Å². The molecule has 0 saturated heterocycles. The van der Waals surface area contributed by atoms with Crippen LogP contribution in [0.25, 0.3) is 0 Å². The normalized spacial score (nSPS) is 10.6. The van der Waals surface area contributed by atoms with E-state index >= 15 is 0 Å². The molecule has 0 spiro atoms. The molecule has 0 aliphatic carbocycles. The number of hydrogen-bond donors (Lipinski definition) is 1. The molecule has 1 aromatic carbocycles. The van der Waals surface area contributed by atoms with Gasteiger partial charge >= 0.3 is 0 Å². The Balaban J connectivity index is 2.96. The fourth-order valence-electron chi connectivity index (χ4n) is 1.02. The molecule has 0 atom stereocenters. The maximum Gasteiger partial charge on any atom is 0.246 e. The van der Waals surface area contributed by atoms with Crippen molar-refractivity contribution >= 4 is 27.3 Å². The standard InChI is InChI=1S/C9H9ClN2O3S/c1-15-9-6-7(2-3-8(9)10)12-16(13,14)5-4-11/h2-3,6,12H,5H2,1H3. The molecular formula is C9H9ClN2O3S. The first-order valence-corrected chi connectivity index (χ1v) is 6.22. The first-order valence-electron chi connectivity index (χ1n) is 4.19. The maximum atomic E-state index is 11.3. The predicted octanol–water partition coefficient (Wildman–Crippen LogP) is 1.61. The van der Waals surface area contributed by atoms with Crippen LogP contribution in [-0.4, -0.2) is 21.3 Å². The summed E-state index contributed by atoms with van der Waals surface area (Å²) in [7, 11) is -2.21. The summed E-state index contributed by atoms with van der Waals surface area (Å²) in [5.74, 6) is -0.239. The van der Waals surface area contributed by atoms with E-state index in [-0.39, 0.29) is 0 Å². The third-order valence-corrected chi connectivity index (χ3v) is 3.05. The van der Waals surface area contributed by atoms with Gasteiger partial charge in [0.25, 0.3) is 0 Å². The Hall–Kier alpha value is -1.45. The molecule has 0 aromatic heterocycles. The molecule has 86 valence electrons. The van der Waals surface area contributed by atoms with Crippen molar-refractivity contribution in [3.8, 4) is 11.8 Å². The number of methoxy groups -OCH3 is 1. The van der Waals surface area contributed by atoms with Gasteiger partial charge in [0.05, 0.1) is 23.9 Å². The molecule has 7 heteroatoms. The number of nitriles is 1. The first kappa shape index (κ1) is 12.6. The number of anilines is 1. The number of benzene rings is 1. The van der Waals surface area contributed by atoms with E-state index < -0.39 is 15.8 Å². The lowest BCUT2D eigenvalue weighted by Gasteiger charge is -2.08. The van der Waals surface area contributed by atoms with Gasteiger partial charge in [-0.1, -0.05) is 11.6 Å². The maximum absolute atomic E-state index is 11.3. The summed E-state index contributed by atoms with van der Waals surface area (Å²) in [5, 5.41) is 8.69. The molecule has 1 N–H and O–H groups in total. The number of hydrogen-bond acceptors (Lipinski definition) is 4. The van der Waals surface area contributed by atoms with Gasteiger partial charge in [-0.25, -0.2) is 8.42 Å². The fourth-order valence-corrected chi connectivity index (χ4v) is 1.95. The molecular weight excluding hydrogens is 252 g/mol. The van der Waals surface area contributed by atoms with Crippen LogP contribution in [0.4, 0.5) is 5.69 Å². The number of halogens is 1. The molecule has 0 amide bonds. The highest BCUT2D eigenvalue weighted by Gasteiger charge is 2.10. The molecule has 0 fully saturated rings. The molecule has 16 heavy (non-hydrogen) atoms. The number of nitrogens with zero attached hydrogens (tertiary/aromatic N) is 1. The fraction of sp³-hybridized carbons (Fsp3) is 0.222. The lowest BCUT2D eigenvalue weighted by atomic mass is 10.3. The Morgan fingerprint density at radius 1 is 1.56 bits per heavy atom. The van der Waals surface area contributed by atoms with Crippen LogP contribution in [0.15, 0.2) is 18.2 Å². The minimum atomic E-state index is -3.63. The molecule has 1 aromatic rings. The first-order chi connectivity index (χ1) is 7.48. The monoisotopic (exact) mass is 260 g/mol. The second-order valence-electron chi connectivity index (χ2n) is 2.87. The van der Waals surface area contributed by atoms with Crippen molar-refractivity contribution in [1.29, 1.82) is 5.26 Å². The SMILES string of the molecule is COc1cc(NS(=O)(=O)CC#N)ccc1Cl. The highest BCUT2D eigenvalue weighted by atomic mass is 35.5. The van der Waals surface area contributed by atoms with Gasteiger partial charge in [0.2, 0.25) is 10.0 Å². The van der Waals surface area contributed by atoms with Crippen LogP contribution >= 0.6 is 11.6 Å². The van der Waals surface area contributed by atoms with Crippen LogP contribution in [0, 0.1) is 11.3 Å². The summed E-state index contributed by atoms with van der Waals surface area (Å²) in [5.41, 5.74) is 0.302. The van der Waals surface area contributed by atoms with E-state index in [0.717, 1.165) is 0 Å². The zero-order valence-electron chi connectivity index (χ0n) is 8.40. The molecule has 1 rings (SSSR count). The van der Waals surface area contributed by atoms with Crippen LogP contribution < -0.4 is 9.46 Å². The third kappa shape index (κ3) is 3.29. The van der Waals surface area contributed by atoms with E-state index in [1.807, 2.05) is 0 Å². The molecule has 0 bridgehead atoms. The van der Waals surface area contributed by atoms with Gasteiger partial charge in [0.1, 0.15) is 5.75 Å².